The molecule has 0 aromatic heterocycles. The summed E-state index contributed by atoms with van der Waals surface area (Å²) in [5, 5.41) is 6.28. The van der Waals surface area contributed by atoms with Crippen molar-refractivity contribution in [1.82, 2.24) is 10.6 Å². The van der Waals surface area contributed by atoms with Gasteiger partial charge in [0.2, 0.25) is 5.91 Å². The second kappa shape index (κ2) is 7.90. The van der Waals surface area contributed by atoms with Crippen molar-refractivity contribution in [1.29, 1.82) is 0 Å². The molecule has 1 saturated heterocycles. The molecule has 0 spiro atoms. The number of hydrogen-bond donors (Lipinski definition) is 2. The number of ether oxygens (including phenoxy) is 1. The topological polar surface area (TPSA) is 50.4 Å². The minimum Gasteiger partial charge on any atom is -0.493 e. The number of aryl methyl sites for hydroxylation is 1. The summed E-state index contributed by atoms with van der Waals surface area (Å²) < 4.78 is 5.70. The summed E-state index contributed by atoms with van der Waals surface area (Å²) in [5.41, 5.74) is 1.14. The van der Waals surface area contributed by atoms with E-state index in [0.717, 1.165) is 43.7 Å². The van der Waals surface area contributed by atoms with E-state index in [9.17, 15) is 4.79 Å². The average Bonchev–Trinajstić information content (AvgIpc) is 2.49. The van der Waals surface area contributed by atoms with Crippen molar-refractivity contribution in [2.75, 3.05) is 26.2 Å². The molecule has 1 aliphatic rings. The lowest BCUT2D eigenvalue weighted by molar-refractivity contribution is -0.125. The first kappa shape index (κ1) is 14.9. The summed E-state index contributed by atoms with van der Waals surface area (Å²) in [6.07, 6.45) is 2.74. The third-order valence-corrected chi connectivity index (χ3v) is 3.68. The highest BCUT2D eigenvalue weighted by molar-refractivity contribution is 5.78. The quantitative estimate of drug-likeness (QED) is 0.780. The predicted octanol–water partition coefficient (Wildman–Crippen LogP) is 1.88. The molecule has 1 amide bonds. The monoisotopic (exact) mass is 276 g/mol. The number of carbonyl (C=O) groups is 1. The van der Waals surface area contributed by atoms with Crippen molar-refractivity contribution >= 4 is 5.91 Å². The summed E-state index contributed by atoms with van der Waals surface area (Å²) in [6.45, 7) is 5.27. The van der Waals surface area contributed by atoms with Gasteiger partial charge in [-0.25, -0.2) is 0 Å². The summed E-state index contributed by atoms with van der Waals surface area (Å²) in [4.78, 5) is 11.9. The fourth-order valence-corrected chi connectivity index (χ4v) is 2.41. The van der Waals surface area contributed by atoms with Gasteiger partial charge in [-0.05, 0) is 50.9 Å². The van der Waals surface area contributed by atoms with E-state index in [0.29, 0.717) is 13.2 Å². The van der Waals surface area contributed by atoms with Crippen LogP contribution >= 0.6 is 0 Å². The minimum atomic E-state index is 0.188. The molecular weight excluding hydrogens is 252 g/mol. The van der Waals surface area contributed by atoms with Gasteiger partial charge < -0.3 is 15.4 Å². The lowest BCUT2D eigenvalue weighted by atomic mass is 9.97. The van der Waals surface area contributed by atoms with Gasteiger partial charge in [-0.2, -0.15) is 0 Å². The molecule has 0 aliphatic carbocycles. The molecular formula is C16H24N2O2. The fraction of sp³-hybridized carbons (Fsp3) is 0.562. The van der Waals surface area contributed by atoms with E-state index in [2.05, 4.69) is 10.6 Å². The van der Waals surface area contributed by atoms with Crippen LogP contribution in [0.3, 0.4) is 0 Å². The molecule has 0 atom stereocenters. The Bertz CT molecular complexity index is 428. The molecule has 4 heteroatoms. The zero-order chi connectivity index (χ0) is 14.2. The molecule has 20 heavy (non-hydrogen) atoms. The van der Waals surface area contributed by atoms with Crippen molar-refractivity contribution in [3.8, 4) is 5.75 Å². The van der Waals surface area contributed by atoms with Crippen LogP contribution in [-0.4, -0.2) is 32.1 Å². The van der Waals surface area contributed by atoms with Gasteiger partial charge in [0.25, 0.3) is 0 Å². The molecule has 1 heterocycles. The number of piperidine rings is 1. The van der Waals surface area contributed by atoms with Crippen molar-refractivity contribution in [2.24, 2.45) is 5.92 Å². The SMILES string of the molecule is Cc1ccccc1OCCCNC(=O)C1CCNCC1. The van der Waals surface area contributed by atoms with Gasteiger partial charge in [0.05, 0.1) is 6.61 Å². The average molecular weight is 276 g/mol. The van der Waals surface area contributed by atoms with E-state index >= 15 is 0 Å². The van der Waals surface area contributed by atoms with Crippen molar-refractivity contribution < 1.29 is 9.53 Å². The second-order valence-electron chi connectivity index (χ2n) is 5.28. The maximum atomic E-state index is 11.9. The Labute approximate surface area is 120 Å². The standard InChI is InChI=1S/C16H24N2O2/c1-13-5-2-3-6-15(13)20-12-4-9-18-16(19)14-7-10-17-11-8-14/h2-3,5-6,14,17H,4,7-12H2,1H3,(H,18,19). The predicted molar refractivity (Wildman–Crippen MR) is 79.9 cm³/mol. The van der Waals surface area contributed by atoms with E-state index in [4.69, 9.17) is 4.74 Å². The van der Waals surface area contributed by atoms with Gasteiger partial charge in [0.15, 0.2) is 0 Å². The van der Waals surface area contributed by atoms with Gasteiger partial charge in [-0.15, -0.1) is 0 Å². The van der Waals surface area contributed by atoms with Crippen LogP contribution < -0.4 is 15.4 Å². The normalized spacial score (nSPS) is 15.8. The van der Waals surface area contributed by atoms with Crippen LogP contribution in [0.4, 0.5) is 0 Å². The number of benzene rings is 1. The Morgan fingerprint density at radius 1 is 1.35 bits per heavy atom. The largest absolute Gasteiger partial charge is 0.493 e. The number of carbonyl (C=O) groups excluding carboxylic acids is 1. The van der Waals surface area contributed by atoms with E-state index in [1.54, 1.807) is 0 Å². The molecule has 1 aromatic rings. The Balaban J connectivity index is 1.59. The van der Waals surface area contributed by atoms with Gasteiger partial charge >= 0.3 is 0 Å². The van der Waals surface area contributed by atoms with Crippen LogP contribution in [0.1, 0.15) is 24.8 Å². The summed E-state index contributed by atoms with van der Waals surface area (Å²) in [5.74, 6) is 1.31. The molecule has 4 nitrogen and oxygen atoms in total. The van der Waals surface area contributed by atoms with Gasteiger partial charge in [-0.1, -0.05) is 18.2 Å². The number of hydrogen-bond acceptors (Lipinski definition) is 3. The van der Waals surface area contributed by atoms with Crippen molar-refractivity contribution in [3.05, 3.63) is 29.8 Å². The molecule has 0 bridgehead atoms. The fourth-order valence-electron chi connectivity index (χ4n) is 2.41. The van der Waals surface area contributed by atoms with Gasteiger partial charge in [0.1, 0.15) is 5.75 Å². The van der Waals surface area contributed by atoms with Gasteiger partial charge in [-0.3, -0.25) is 4.79 Å². The highest BCUT2D eigenvalue weighted by atomic mass is 16.5. The zero-order valence-corrected chi connectivity index (χ0v) is 12.2. The third kappa shape index (κ3) is 4.53. The number of amides is 1. The van der Waals surface area contributed by atoms with Crippen LogP contribution in [0.2, 0.25) is 0 Å². The summed E-state index contributed by atoms with van der Waals surface area (Å²) >= 11 is 0. The minimum absolute atomic E-state index is 0.188. The smallest absolute Gasteiger partial charge is 0.223 e. The highest BCUT2D eigenvalue weighted by Gasteiger charge is 2.19. The molecule has 110 valence electrons. The third-order valence-electron chi connectivity index (χ3n) is 3.68. The lowest BCUT2D eigenvalue weighted by Crippen LogP contribution is -2.38. The highest BCUT2D eigenvalue weighted by Crippen LogP contribution is 2.16. The maximum Gasteiger partial charge on any atom is 0.223 e. The number of rotatable bonds is 6. The Kier molecular flexibility index (Phi) is 5.87. The van der Waals surface area contributed by atoms with Crippen molar-refractivity contribution in [3.63, 3.8) is 0 Å². The van der Waals surface area contributed by atoms with Gasteiger partial charge in [0, 0.05) is 12.5 Å². The van der Waals surface area contributed by atoms with Crippen LogP contribution in [0.15, 0.2) is 24.3 Å². The molecule has 1 aliphatic heterocycles. The summed E-state index contributed by atoms with van der Waals surface area (Å²) in [7, 11) is 0. The number of para-hydroxylation sites is 1. The second-order valence-corrected chi connectivity index (χ2v) is 5.28. The lowest BCUT2D eigenvalue weighted by Gasteiger charge is -2.21. The van der Waals surface area contributed by atoms with Crippen LogP contribution in [0.25, 0.3) is 0 Å². The Morgan fingerprint density at radius 3 is 2.85 bits per heavy atom. The molecule has 0 unspecified atom stereocenters. The Hall–Kier alpha value is -1.55. The van der Waals surface area contributed by atoms with E-state index in [1.807, 2.05) is 31.2 Å². The zero-order valence-electron chi connectivity index (χ0n) is 12.2. The van der Waals surface area contributed by atoms with E-state index < -0.39 is 0 Å². The maximum absolute atomic E-state index is 11.9. The van der Waals surface area contributed by atoms with E-state index in [-0.39, 0.29) is 11.8 Å². The Morgan fingerprint density at radius 2 is 2.10 bits per heavy atom. The van der Waals surface area contributed by atoms with Crippen LogP contribution in [0, 0.1) is 12.8 Å². The van der Waals surface area contributed by atoms with Crippen LogP contribution in [-0.2, 0) is 4.79 Å². The van der Waals surface area contributed by atoms with Crippen molar-refractivity contribution in [2.45, 2.75) is 26.2 Å². The first-order valence-corrected chi connectivity index (χ1v) is 7.44. The molecule has 0 radical (unpaired) electrons. The first-order chi connectivity index (χ1) is 9.77. The summed E-state index contributed by atoms with van der Waals surface area (Å²) in [6, 6.07) is 7.99. The van der Waals surface area contributed by atoms with Crippen LogP contribution in [0.5, 0.6) is 5.75 Å². The molecule has 1 fully saturated rings. The molecule has 0 saturated carbocycles. The molecule has 2 rings (SSSR count). The number of nitrogens with one attached hydrogen (secondary N) is 2. The molecule has 2 N–H and O–H groups in total. The first-order valence-electron chi connectivity index (χ1n) is 7.44. The molecule has 1 aromatic carbocycles. The van der Waals surface area contributed by atoms with E-state index in [1.165, 1.54) is 0 Å².